The van der Waals surface area contributed by atoms with Gasteiger partial charge in [0.25, 0.3) is 0 Å². The molecule has 5 heteroatoms. The lowest BCUT2D eigenvalue weighted by atomic mass is 9.65. The molecule has 1 saturated carbocycles. The molecule has 2 fully saturated rings. The molecule has 30 heavy (non-hydrogen) atoms. The van der Waals surface area contributed by atoms with Crippen LogP contribution in [0.3, 0.4) is 0 Å². The molecule has 0 unspecified atom stereocenters. The maximum atomic E-state index is 12.9. The second kappa shape index (κ2) is 7.03. The number of fused-ring (bicyclic) bond motifs is 4. The highest BCUT2D eigenvalue weighted by Gasteiger charge is 2.63. The molecule has 0 radical (unpaired) electrons. The normalized spacial score (nSPS) is 39.9. The zero-order valence-corrected chi connectivity index (χ0v) is 19.5. The van der Waals surface area contributed by atoms with Crippen molar-refractivity contribution in [2.75, 3.05) is 6.61 Å². The smallest absolute Gasteiger partial charge is 0.342 e. The molecule has 0 aromatic rings. The van der Waals surface area contributed by atoms with Crippen LogP contribution in [0, 0.1) is 22.7 Å². The molecule has 5 atom stereocenters. The molecule has 166 valence electrons. The minimum atomic E-state index is -0.638. The summed E-state index contributed by atoms with van der Waals surface area (Å²) in [5.74, 6) is -0.468. The van der Waals surface area contributed by atoms with Gasteiger partial charge in [-0.25, -0.2) is 4.79 Å². The molecule has 1 heterocycles. The Morgan fingerprint density at radius 2 is 1.87 bits per heavy atom. The Labute approximate surface area is 180 Å². The number of carbonyl (C=O) groups excluding carboxylic acids is 2. The molecule has 0 N–H and O–H groups in total. The topological polar surface area (TPSA) is 61.8 Å². The lowest BCUT2D eigenvalue weighted by Crippen LogP contribution is -2.37. The molecule has 4 aliphatic rings. The molecular weight excluding hydrogens is 380 g/mol. The number of hydrogen-bond donors (Lipinski definition) is 0. The number of allylic oxidation sites excluding steroid dienone is 2. The van der Waals surface area contributed by atoms with E-state index < -0.39 is 11.8 Å². The van der Waals surface area contributed by atoms with Gasteiger partial charge in [-0.05, 0) is 73.8 Å². The van der Waals surface area contributed by atoms with Gasteiger partial charge in [0.05, 0.1) is 12.7 Å². The summed E-state index contributed by atoms with van der Waals surface area (Å²) in [5.41, 5.74) is 2.00. The highest BCUT2D eigenvalue weighted by atomic mass is 16.8. The summed E-state index contributed by atoms with van der Waals surface area (Å²) in [5, 5.41) is 0. The number of hydrogen-bond acceptors (Lipinski definition) is 5. The Hall–Kier alpha value is -1.46. The maximum Gasteiger partial charge on any atom is 0.342 e. The number of ketones is 1. The van der Waals surface area contributed by atoms with Gasteiger partial charge in [-0.2, -0.15) is 0 Å². The van der Waals surface area contributed by atoms with Gasteiger partial charge < -0.3 is 14.2 Å². The van der Waals surface area contributed by atoms with Gasteiger partial charge in [-0.3, -0.25) is 4.79 Å². The van der Waals surface area contributed by atoms with E-state index in [-0.39, 0.29) is 41.0 Å². The van der Waals surface area contributed by atoms with Gasteiger partial charge in [-0.1, -0.05) is 33.8 Å². The molecule has 0 aromatic carbocycles. The third kappa shape index (κ3) is 3.12. The Morgan fingerprint density at radius 1 is 1.17 bits per heavy atom. The molecule has 0 amide bonds. The first-order chi connectivity index (χ1) is 13.9. The standard InChI is InChI=1S/C25H36O5/c1-8-28-22(27)18-15-13-16-20-21(30-23(4,5)29-20)19(14(2)3)25(16,7)12-11-24(15,6)10-9-17(18)26/h13-14,19-21H,8-12H2,1-7H3/t19-,20+,21-,24-,25-/m0/s1. The van der Waals surface area contributed by atoms with Gasteiger partial charge in [0.1, 0.15) is 11.7 Å². The average Bonchev–Trinajstić information content (AvgIpc) is 3.00. The second-order valence-corrected chi connectivity index (χ2v) is 10.8. The Morgan fingerprint density at radius 3 is 2.50 bits per heavy atom. The summed E-state index contributed by atoms with van der Waals surface area (Å²) < 4.78 is 18.1. The van der Waals surface area contributed by atoms with E-state index in [1.165, 1.54) is 5.57 Å². The summed E-state index contributed by atoms with van der Waals surface area (Å²) in [4.78, 5) is 25.7. The van der Waals surface area contributed by atoms with Crippen LogP contribution in [0.2, 0.25) is 0 Å². The van der Waals surface area contributed by atoms with E-state index in [0.717, 1.165) is 24.8 Å². The van der Waals surface area contributed by atoms with Crippen molar-refractivity contribution in [1.29, 1.82) is 0 Å². The third-order valence-corrected chi connectivity index (χ3v) is 7.98. The van der Waals surface area contributed by atoms with Crippen molar-refractivity contribution in [3.8, 4) is 0 Å². The predicted molar refractivity (Wildman–Crippen MR) is 114 cm³/mol. The average molecular weight is 417 g/mol. The van der Waals surface area contributed by atoms with Crippen LogP contribution in [0.5, 0.6) is 0 Å². The SMILES string of the molecule is CCOC(=O)C1=C2C=C3[C@H]4OC(C)(C)O[C@H]4[C@H](C(C)C)[C@@]3(C)CC[C@]2(C)CCC1=O. The molecule has 1 saturated heterocycles. The largest absolute Gasteiger partial charge is 0.462 e. The highest BCUT2D eigenvalue weighted by molar-refractivity contribution is 6.19. The minimum Gasteiger partial charge on any atom is -0.462 e. The van der Waals surface area contributed by atoms with Gasteiger partial charge in [0.2, 0.25) is 0 Å². The number of rotatable bonds is 3. The first-order valence-electron chi connectivity index (χ1n) is 11.5. The summed E-state index contributed by atoms with van der Waals surface area (Å²) in [6.45, 7) is 15.0. The van der Waals surface area contributed by atoms with Crippen LogP contribution in [0.1, 0.15) is 74.1 Å². The summed E-state index contributed by atoms with van der Waals surface area (Å²) >= 11 is 0. The maximum absolute atomic E-state index is 12.9. The number of Topliss-reactive ketones (excluding diaryl/α,β-unsaturated/α-hetero) is 1. The van der Waals surface area contributed by atoms with Crippen LogP contribution in [0.25, 0.3) is 0 Å². The van der Waals surface area contributed by atoms with Crippen molar-refractivity contribution in [3.63, 3.8) is 0 Å². The van der Waals surface area contributed by atoms with E-state index in [1.54, 1.807) is 6.92 Å². The zero-order chi connectivity index (χ0) is 22.1. The Bertz CT molecular complexity index is 834. The number of ether oxygens (including phenoxy) is 3. The Kier molecular flexibility index (Phi) is 5.10. The van der Waals surface area contributed by atoms with E-state index in [9.17, 15) is 9.59 Å². The molecule has 0 aromatic heterocycles. The van der Waals surface area contributed by atoms with E-state index in [0.29, 0.717) is 18.3 Å². The van der Waals surface area contributed by atoms with E-state index in [2.05, 4.69) is 33.8 Å². The van der Waals surface area contributed by atoms with Crippen molar-refractivity contribution in [2.24, 2.45) is 22.7 Å². The van der Waals surface area contributed by atoms with Crippen molar-refractivity contribution >= 4 is 11.8 Å². The van der Waals surface area contributed by atoms with Gasteiger partial charge in [0, 0.05) is 6.42 Å². The third-order valence-electron chi connectivity index (χ3n) is 7.98. The summed E-state index contributed by atoms with van der Waals surface area (Å²) in [7, 11) is 0. The van der Waals surface area contributed by atoms with Gasteiger partial charge in [0.15, 0.2) is 11.6 Å². The highest BCUT2D eigenvalue weighted by Crippen LogP contribution is 2.63. The van der Waals surface area contributed by atoms with Gasteiger partial charge >= 0.3 is 5.97 Å². The fraction of sp³-hybridized carbons (Fsp3) is 0.760. The van der Waals surface area contributed by atoms with Crippen LogP contribution in [-0.4, -0.2) is 36.4 Å². The minimum absolute atomic E-state index is 0.00783. The molecular formula is C25H36O5. The van der Waals surface area contributed by atoms with E-state index in [1.807, 2.05) is 13.8 Å². The summed E-state index contributed by atoms with van der Waals surface area (Å²) in [6, 6.07) is 0. The van der Waals surface area contributed by atoms with Crippen molar-refractivity contribution in [2.45, 2.75) is 92.1 Å². The summed E-state index contributed by atoms with van der Waals surface area (Å²) in [6.07, 6.45) is 5.08. The first kappa shape index (κ1) is 21.8. The number of carbonyl (C=O) groups is 2. The molecule has 3 aliphatic carbocycles. The fourth-order valence-electron chi connectivity index (χ4n) is 6.57. The van der Waals surface area contributed by atoms with Crippen LogP contribution in [0.4, 0.5) is 0 Å². The molecule has 0 spiro atoms. The predicted octanol–water partition coefficient (Wildman–Crippen LogP) is 4.75. The molecule has 5 nitrogen and oxygen atoms in total. The molecule has 1 aliphatic heterocycles. The van der Waals surface area contributed by atoms with E-state index >= 15 is 0 Å². The Balaban J connectivity index is 1.92. The molecule has 0 bridgehead atoms. The van der Waals surface area contributed by atoms with Crippen LogP contribution in [0.15, 0.2) is 22.8 Å². The quantitative estimate of drug-likeness (QED) is 0.491. The lowest BCUT2D eigenvalue weighted by molar-refractivity contribution is -0.162. The number of esters is 1. The molecule has 4 rings (SSSR count). The fourth-order valence-corrected chi connectivity index (χ4v) is 6.57. The second-order valence-electron chi connectivity index (χ2n) is 10.8. The first-order valence-corrected chi connectivity index (χ1v) is 11.5. The zero-order valence-electron chi connectivity index (χ0n) is 19.5. The van der Waals surface area contributed by atoms with Crippen molar-refractivity contribution < 1.29 is 23.8 Å². The monoisotopic (exact) mass is 416 g/mol. The van der Waals surface area contributed by atoms with Crippen LogP contribution in [-0.2, 0) is 23.8 Å². The van der Waals surface area contributed by atoms with Crippen molar-refractivity contribution in [1.82, 2.24) is 0 Å². The van der Waals surface area contributed by atoms with Crippen LogP contribution < -0.4 is 0 Å². The van der Waals surface area contributed by atoms with Crippen molar-refractivity contribution in [3.05, 3.63) is 22.8 Å². The van der Waals surface area contributed by atoms with Crippen LogP contribution >= 0.6 is 0 Å². The van der Waals surface area contributed by atoms with Gasteiger partial charge in [-0.15, -0.1) is 0 Å². The van der Waals surface area contributed by atoms with E-state index in [4.69, 9.17) is 14.2 Å². The lowest BCUT2D eigenvalue weighted by Gasteiger charge is -2.40.